The molecular weight excluding hydrogens is 276 g/mol. The Morgan fingerprint density at radius 1 is 1.14 bits per heavy atom. The Bertz CT molecular complexity index is 631. The summed E-state index contributed by atoms with van der Waals surface area (Å²) in [4.78, 5) is 16.3. The van der Waals surface area contributed by atoms with Crippen LogP contribution in [0.2, 0.25) is 0 Å². The summed E-state index contributed by atoms with van der Waals surface area (Å²) in [6.07, 6.45) is -0.430. The number of alkyl carbamates (subject to hydrolysis) is 1. The fourth-order valence-electron chi connectivity index (χ4n) is 2.37. The highest BCUT2D eigenvalue weighted by Gasteiger charge is 2.23. The lowest BCUT2D eigenvalue weighted by molar-refractivity contribution is 0.129. The molecule has 0 aliphatic rings. The number of nitrogens with one attached hydrogen (secondary N) is 1. The van der Waals surface area contributed by atoms with Crippen LogP contribution in [0.15, 0.2) is 42.5 Å². The van der Waals surface area contributed by atoms with E-state index in [-0.39, 0.29) is 6.61 Å². The molecule has 1 heterocycles. The van der Waals surface area contributed by atoms with Crippen LogP contribution in [0.25, 0.3) is 0 Å². The second-order valence-electron chi connectivity index (χ2n) is 5.95. The summed E-state index contributed by atoms with van der Waals surface area (Å²) in [7, 11) is 0. The number of aryl methyl sites for hydroxylation is 2. The van der Waals surface area contributed by atoms with E-state index in [1.165, 1.54) is 0 Å². The number of ether oxygens (including phenoxy) is 1. The number of nitrogens with zero attached hydrogens (tertiary/aromatic N) is 1. The quantitative estimate of drug-likeness (QED) is 0.932. The van der Waals surface area contributed by atoms with Crippen molar-refractivity contribution < 1.29 is 9.53 Å². The summed E-state index contributed by atoms with van der Waals surface area (Å²) in [6.45, 7) is 7.99. The van der Waals surface area contributed by atoms with Gasteiger partial charge in [0, 0.05) is 11.4 Å². The number of hydrogen-bond donors (Lipinski definition) is 1. The van der Waals surface area contributed by atoms with E-state index in [0.717, 1.165) is 22.5 Å². The molecule has 0 radical (unpaired) electrons. The molecule has 0 atom stereocenters. The predicted octanol–water partition coefficient (Wildman–Crippen LogP) is 3.86. The van der Waals surface area contributed by atoms with Crippen molar-refractivity contribution in [3.8, 4) is 0 Å². The van der Waals surface area contributed by atoms with Crippen molar-refractivity contribution in [2.75, 3.05) is 0 Å². The van der Waals surface area contributed by atoms with Gasteiger partial charge in [0.05, 0.1) is 5.54 Å². The van der Waals surface area contributed by atoms with Gasteiger partial charge >= 0.3 is 6.09 Å². The van der Waals surface area contributed by atoms with Crippen LogP contribution >= 0.6 is 0 Å². The standard InChI is InChI=1S/C18H22N2O2/c1-13-10-15(11-14(2)19-13)12-22-17(21)20-18(3,4)16-8-6-5-7-9-16/h5-11H,12H2,1-4H3,(H,20,21). The van der Waals surface area contributed by atoms with Gasteiger partial charge in [-0.15, -0.1) is 0 Å². The van der Waals surface area contributed by atoms with E-state index >= 15 is 0 Å². The zero-order valence-corrected chi connectivity index (χ0v) is 13.5. The van der Waals surface area contributed by atoms with Gasteiger partial charge < -0.3 is 10.1 Å². The van der Waals surface area contributed by atoms with Crippen molar-refractivity contribution in [2.45, 2.75) is 39.8 Å². The molecule has 0 bridgehead atoms. The molecule has 116 valence electrons. The zero-order valence-electron chi connectivity index (χ0n) is 13.5. The average Bonchev–Trinajstić information content (AvgIpc) is 2.45. The van der Waals surface area contributed by atoms with E-state index in [9.17, 15) is 4.79 Å². The van der Waals surface area contributed by atoms with Gasteiger partial charge in [0.2, 0.25) is 0 Å². The first-order chi connectivity index (χ1) is 10.4. The van der Waals surface area contributed by atoms with Crippen molar-refractivity contribution in [1.29, 1.82) is 0 Å². The van der Waals surface area contributed by atoms with E-state index in [1.54, 1.807) is 0 Å². The molecule has 0 fully saturated rings. The molecule has 1 amide bonds. The highest BCUT2D eigenvalue weighted by Crippen LogP contribution is 2.19. The Hall–Kier alpha value is -2.36. The van der Waals surface area contributed by atoms with Gasteiger partial charge in [-0.2, -0.15) is 0 Å². The fraction of sp³-hybridized carbons (Fsp3) is 0.333. The summed E-state index contributed by atoms with van der Waals surface area (Å²) in [5.41, 5.74) is 3.33. The third-order valence-electron chi connectivity index (χ3n) is 3.42. The van der Waals surface area contributed by atoms with Gasteiger partial charge in [-0.05, 0) is 51.0 Å². The minimum Gasteiger partial charge on any atom is -0.445 e. The summed E-state index contributed by atoms with van der Waals surface area (Å²) >= 11 is 0. The van der Waals surface area contributed by atoms with Gasteiger partial charge in [-0.25, -0.2) is 4.79 Å². The molecule has 1 N–H and O–H groups in total. The Kier molecular flexibility index (Phi) is 4.81. The van der Waals surface area contributed by atoms with Gasteiger partial charge in [-0.1, -0.05) is 30.3 Å². The lowest BCUT2D eigenvalue weighted by atomic mass is 9.95. The van der Waals surface area contributed by atoms with Crippen LogP contribution in [-0.4, -0.2) is 11.1 Å². The Balaban J connectivity index is 1.95. The summed E-state index contributed by atoms with van der Waals surface area (Å²) < 4.78 is 5.32. The normalized spacial score (nSPS) is 11.1. The first kappa shape index (κ1) is 16.0. The summed E-state index contributed by atoms with van der Waals surface area (Å²) in [6, 6.07) is 13.7. The molecule has 0 aliphatic carbocycles. The largest absolute Gasteiger partial charge is 0.445 e. The molecule has 2 rings (SSSR count). The lowest BCUT2D eigenvalue weighted by Crippen LogP contribution is -2.41. The van der Waals surface area contributed by atoms with Crippen LogP contribution in [0.4, 0.5) is 4.79 Å². The first-order valence-corrected chi connectivity index (χ1v) is 7.31. The van der Waals surface area contributed by atoms with Gasteiger partial charge in [-0.3, -0.25) is 4.98 Å². The van der Waals surface area contributed by atoms with Crippen LogP contribution in [0.1, 0.15) is 36.4 Å². The van der Waals surface area contributed by atoms with Crippen molar-refractivity contribution in [3.05, 3.63) is 65.0 Å². The molecule has 0 unspecified atom stereocenters. The van der Waals surface area contributed by atoms with E-state index in [4.69, 9.17) is 4.74 Å². The second-order valence-corrected chi connectivity index (χ2v) is 5.95. The number of pyridine rings is 1. The SMILES string of the molecule is Cc1cc(COC(=O)NC(C)(C)c2ccccc2)cc(C)n1. The first-order valence-electron chi connectivity index (χ1n) is 7.31. The predicted molar refractivity (Wildman–Crippen MR) is 86.5 cm³/mol. The molecule has 0 saturated heterocycles. The van der Waals surface area contributed by atoms with E-state index in [0.29, 0.717) is 0 Å². The second kappa shape index (κ2) is 6.60. The maximum absolute atomic E-state index is 12.0. The molecule has 4 nitrogen and oxygen atoms in total. The van der Waals surface area contributed by atoms with Crippen molar-refractivity contribution in [2.24, 2.45) is 0 Å². The third kappa shape index (κ3) is 4.32. The highest BCUT2D eigenvalue weighted by atomic mass is 16.5. The van der Waals surface area contributed by atoms with Crippen LogP contribution in [-0.2, 0) is 16.9 Å². The Labute approximate surface area is 131 Å². The van der Waals surface area contributed by atoms with Crippen LogP contribution in [0, 0.1) is 13.8 Å². The number of carbonyl (C=O) groups is 1. The molecule has 0 aliphatic heterocycles. The van der Waals surface area contributed by atoms with Gasteiger partial charge in [0.1, 0.15) is 6.61 Å². The topological polar surface area (TPSA) is 51.2 Å². The molecule has 4 heteroatoms. The Morgan fingerprint density at radius 2 is 1.73 bits per heavy atom. The number of amides is 1. The van der Waals surface area contributed by atoms with Gasteiger partial charge in [0.25, 0.3) is 0 Å². The van der Waals surface area contributed by atoms with Crippen molar-refractivity contribution in [3.63, 3.8) is 0 Å². The molecule has 0 spiro atoms. The maximum Gasteiger partial charge on any atom is 0.408 e. The number of carbonyl (C=O) groups excluding carboxylic acids is 1. The Morgan fingerprint density at radius 3 is 2.32 bits per heavy atom. The molecular formula is C18H22N2O2. The van der Waals surface area contributed by atoms with Crippen molar-refractivity contribution in [1.82, 2.24) is 10.3 Å². The van der Waals surface area contributed by atoms with E-state index in [2.05, 4.69) is 10.3 Å². The smallest absolute Gasteiger partial charge is 0.408 e. The molecule has 22 heavy (non-hydrogen) atoms. The molecule has 2 aromatic rings. The van der Waals surface area contributed by atoms with Gasteiger partial charge in [0.15, 0.2) is 0 Å². The third-order valence-corrected chi connectivity index (χ3v) is 3.42. The molecule has 1 aromatic heterocycles. The van der Waals surface area contributed by atoms with Crippen LogP contribution in [0.5, 0.6) is 0 Å². The molecule has 1 aromatic carbocycles. The van der Waals surface area contributed by atoms with Crippen molar-refractivity contribution >= 4 is 6.09 Å². The summed E-state index contributed by atoms with van der Waals surface area (Å²) in [5, 5.41) is 2.90. The average molecular weight is 298 g/mol. The maximum atomic E-state index is 12.0. The summed E-state index contributed by atoms with van der Waals surface area (Å²) in [5.74, 6) is 0. The number of benzene rings is 1. The highest BCUT2D eigenvalue weighted by molar-refractivity contribution is 5.68. The molecule has 0 saturated carbocycles. The minimum absolute atomic E-state index is 0.237. The number of aromatic nitrogens is 1. The van der Waals surface area contributed by atoms with E-state index in [1.807, 2.05) is 70.2 Å². The minimum atomic E-state index is -0.484. The number of hydrogen-bond acceptors (Lipinski definition) is 3. The lowest BCUT2D eigenvalue weighted by Gasteiger charge is -2.26. The fourth-order valence-corrected chi connectivity index (χ4v) is 2.37. The monoisotopic (exact) mass is 298 g/mol. The van der Waals surface area contributed by atoms with Crippen LogP contribution < -0.4 is 5.32 Å². The number of rotatable bonds is 4. The van der Waals surface area contributed by atoms with Crippen LogP contribution in [0.3, 0.4) is 0 Å². The van der Waals surface area contributed by atoms with E-state index < -0.39 is 11.6 Å². The zero-order chi connectivity index (χ0) is 16.2.